The monoisotopic (exact) mass is 423 g/mol. The summed E-state index contributed by atoms with van der Waals surface area (Å²) in [5, 5.41) is 11.5. The molecule has 0 aliphatic carbocycles. The van der Waals surface area contributed by atoms with E-state index in [9.17, 15) is 14.7 Å². The van der Waals surface area contributed by atoms with Crippen molar-refractivity contribution in [2.24, 2.45) is 0 Å². The summed E-state index contributed by atoms with van der Waals surface area (Å²) in [6.45, 7) is 0.0671. The van der Waals surface area contributed by atoms with E-state index in [-0.39, 0.29) is 17.9 Å². The Hall–Kier alpha value is -3.51. The van der Waals surface area contributed by atoms with E-state index in [4.69, 9.17) is 20.8 Å². The van der Waals surface area contributed by atoms with Gasteiger partial charge in [0.15, 0.2) is 0 Å². The first-order valence-electron chi connectivity index (χ1n) is 9.21. The summed E-state index contributed by atoms with van der Waals surface area (Å²) >= 11 is 5.94. The van der Waals surface area contributed by atoms with Gasteiger partial charge < -0.3 is 19.2 Å². The number of halogens is 1. The second-order valence-corrected chi connectivity index (χ2v) is 7.19. The Bertz CT molecular complexity index is 1120. The van der Waals surface area contributed by atoms with Crippen LogP contribution in [-0.4, -0.2) is 28.8 Å². The van der Waals surface area contributed by atoms with E-state index in [0.29, 0.717) is 27.7 Å². The van der Waals surface area contributed by atoms with Crippen molar-refractivity contribution in [3.8, 4) is 5.75 Å². The Kier molecular flexibility index (Phi) is 5.33. The fourth-order valence-corrected chi connectivity index (χ4v) is 3.72. The number of Topliss-reactive ketones (excluding diaryl/α,β-unsaturated/α-hetero) is 1. The molecule has 0 bridgehead atoms. The SMILES string of the molecule is COc1ccccc1C1/C(=C(/O)c2ccc(Cl)cc2)C(=O)C(=O)N1Cc1ccco1. The number of hydrogen-bond acceptors (Lipinski definition) is 5. The number of amides is 1. The van der Waals surface area contributed by atoms with Crippen LogP contribution in [0.2, 0.25) is 5.02 Å². The lowest BCUT2D eigenvalue weighted by molar-refractivity contribution is -0.140. The summed E-state index contributed by atoms with van der Waals surface area (Å²) in [5.41, 5.74) is 0.954. The molecule has 2 heterocycles. The van der Waals surface area contributed by atoms with Gasteiger partial charge in [-0.15, -0.1) is 0 Å². The van der Waals surface area contributed by atoms with Crippen LogP contribution in [0.3, 0.4) is 0 Å². The third kappa shape index (κ3) is 3.46. The summed E-state index contributed by atoms with van der Waals surface area (Å²) in [4.78, 5) is 27.3. The molecular weight excluding hydrogens is 406 g/mol. The zero-order chi connectivity index (χ0) is 21.3. The maximum Gasteiger partial charge on any atom is 0.296 e. The van der Waals surface area contributed by atoms with Gasteiger partial charge in [-0.2, -0.15) is 0 Å². The number of likely N-dealkylation sites (tertiary alicyclic amines) is 1. The highest BCUT2D eigenvalue weighted by molar-refractivity contribution is 6.46. The van der Waals surface area contributed by atoms with Gasteiger partial charge in [0, 0.05) is 16.1 Å². The molecule has 4 rings (SSSR count). The number of benzene rings is 2. The van der Waals surface area contributed by atoms with Gasteiger partial charge in [-0.25, -0.2) is 0 Å². The largest absolute Gasteiger partial charge is 0.507 e. The lowest BCUT2D eigenvalue weighted by Crippen LogP contribution is -2.29. The molecule has 1 fully saturated rings. The number of para-hydroxylation sites is 1. The van der Waals surface area contributed by atoms with Crippen molar-refractivity contribution in [1.29, 1.82) is 0 Å². The molecule has 2 aromatic carbocycles. The molecule has 6 nitrogen and oxygen atoms in total. The number of carbonyl (C=O) groups is 2. The number of ether oxygens (including phenoxy) is 1. The molecule has 152 valence electrons. The van der Waals surface area contributed by atoms with Gasteiger partial charge >= 0.3 is 0 Å². The lowest BCUT2D eigenvalue weighted by atomic mass is 9.94. The van der Waals surface area contributed by atoms with Crippen LogP contribution in [0.1, 0.15) is 22.9 Å². The van der Waals surface area contributed by atoms with Crippen molar-refractivity contribution in [2.45, 2.75) is 12.6 Å². The van der Waals surface area contributed by atoms with Crippen LogP contribution < -0.4 is 4.74 Å². The highest BCUT2D eigenvalue weighted by Crippen LogP contribution is 2.43. The molecular formula is C23H18ClNO5. The van der Waals surface area contributed by atoms with Crippen molar-refractivity contribution in [3.63, 3.8) is 0 Å². The van der Waals surface area contributed by atoms with Gasteiger partial charge in [-0.1, -0.05) is 29.8 Å². The van der Waals surface area contributed by atoms with Crippen molar-refractivity contribution < 1.29 is 23.8 Å². The van der Waals surface area contributed by atoms with E-state index in [1.165, 1.54) is 18.3 Å². The molecule has 0 saturated carbocycles. The lowest BCUT2D eigenvalue weighted by Gasteiger charge is -2.25. The van der Waals surface area contributed by atoms with E-state index in [0.717, 1.165) is 0 Å². The molecule has 1 atom stereocenters. The Morgan fingerprint density at radius 3 is 2.50 bits per heavy atom. The molecule has 1 N–H and O–H groups in total. The van der Waals surface area contributed by atoms with Gasteiger partial charge in [0.05, 0.1) is 31.5 Å². The van der Waals surface area contributed by atoms with E-state index in [1.54, 1.807) is 60.7 Å². The predicted molar refractivity (Wildman–Crippen MR) is 111 cm³/mol. The second-order valence-electron chi connectivity index (χ2n) is 6.76. The van der Waals surface area contributed by atoms with Crippen LogP contribution in [-0.2, 0) is 16.1 Å². The number of ketones is 1. The first kappa shape index (κ1) is 19.8. The quantitative estimate of drug-likeness (QED) is 0.369. The highest BCUT2D eigenvalue weighted by atomic mass is 35.5. The van der Waals surface area contributed by atoms with E-state index < -0.39 is 17.7 Å². The van der Waals surface area contributed by atoms with Gasteiger partial charge in [0.1, 0.15) is 17.3 Å². The summed E-state index contributed by atoms with van der Waals surface area (Å²) in [6.07, 6.45) is 1.50. The van der Waals surface area contributed by atoms with Crippen LogP contribution in [0.25, 0.3) is 5.76 Å². The van der Waals surface area contributed by atoms with Crippen molar-refractivity contribution in [3.05, 3.63) is 94.4 Å². The third-order valence-electron chi connectivity index (χ3n) is 5.00. The first-order valence-corrected chi connectivity index (χ1v) is 9.58. The van der Waals surface area contributed by atoms with Crippen molar-refractivity contribution in [2.75, 3.05) is 7.11 Å². The fraction of sp³-hybridized carbons (Fsp3) is 0.130. The zero-order valence-electron chi connectivity index (χ0n) is 16.0. The second kappa shape index (κ2) is 8.08. The molecule has 0 spiro atoms. The Balaban J connectivity index is 1.90. The van der Waals surface area contributed by atoms with E-state index >= 15 is 0 Å². The average molecular weight is 424 g/mol. The Morgan fingerprint density at radius 1 is 1.10 bits per heavy atom. The average Bonchev–Trinajstić information content (AvgIpc) is 3.36. The predicted octanol–water partition coefficient (Wildman–Crippen LogP) is 4.56. The molecule has 1 saturated heterocycles. The van der Waals surface area contributed by atoms with Crippen molar-refractivity contribution in [1.82, 2.24) is 4.90 Å². The number of methoxy groups -OCH3 is 1. The molecule has 7 heteroatoms. The molecule has 1 amide bonds. The number of nitrogens with zero attached hydrogens (tertiary/aromatic N) is 1. The number of carbonyl (C=O) groups excluding carboxylic acids is 2. The summed E-state index contributed by atoms with van der Waals surface area (Å²) < 4.78 is 10.9. The minimum atomic E-state index is -0.845. The molecule has 1 unspecified atom stereocenters. The molecule has 1 aromatic heterocycles. The van der Waals surface area contributed by atoms with E-state index in [1.807, 2.05) is 0 Å². The van der Waals surface area contributed by atoms with Gasteiger partial charge in [0.2, 0.25) is 0 Å². The summed E-state index contributed by atoms with van der Waals surface area (Å²) in [6, 6.07) is 16.1. The van der Waals surface area contributed by atoms with Crippen LogP contribution in [0.15, 0.2) is 76.9 Å². The van der Waals surface area contributed by atoms with Gasteiger partial charge in [0.25, 0.3) is 11.7 Å². The van der Waals surface area contributed by atoms with Crippen LogP contribution in [0.5, 0.6) is 5.75 Å². The maximum atomic E-state index is 13.0. The number of furan rings is 1. The molecule has 3 aromatic rings. The number of rotatable bonds is 5. The molecule has 0 radical (unpaired) electrons. The van der Waals surface area contributed by atoms with Gasteiger partial charge in [-0.3, -0.25) is 9.59 Å². The summed E-state index contributed by atoms with van der Waals surface area (Å²) in [7, 11) is 1.51. The molecule has 1 aliphatic heterocycles. The van der Waals surface area contributed by atoms with Crippen LogP contribution >= 0.6 is 11.6 Å². The summed E-state index contributed by atoms with van der Waals surface area (Å²) in [5.74, 6) is -0.760. The Labute approximate surface area is 177 Å². The van der Waals surface area contributed by atoms with Crippen LogP contribution in [0, 0.1) is 0 Å². The minimum Gasteiger partial charge on any atom is -0.507 e. The maximum absolute atomic E-state index is 13.0. The minimum absolute atomic E-state index is 0.0154. The molecule has 1 aliphatic rings. The topological polar surface area (TPSA) is 80.0 Å². The smallest absolute Gasteiger partial charge is 0.296 e. The Morgan fingerprint density at radius 2 is 1.83 bits per heavy atom. The molecule has 30 heavy (non-hydrogen) atoms. The third-order valence-corrected chi connectivity index (χ3v) is 5.25. The number of aliphatic hydroxyl groups is 1. The van der Waals surface area contributed by atoms with Crippen LogP contribution in [0.4, 0.5) is 0 Å². The zero-order valence-corrected chi connectivity index (χ0v) is 16.8. The fourth-order valence-electron chi connectivity index (χ4n) is 3.59. The van der Waals surface area contributed by atoms with Gasteiger partial charge in [-0.05, 0) is 42.5 Å². The normalized spacial score (nSPS) is 18.1. The van der Waals surface area contributed by atoms with Crippen molar-refractivity contribution >= 4 is 29.1 Å². The first-order chi connectivity index (χ1) is 14.5. The number of hydrogen-bond donors (Lipinski definition) is 1. The highest BCUT2D eigenvalue weighted by Gasteiger charge is 2.47. The standard InChI is InChI=1S/C23H18ClNO5/c1-29-18-7-3-2-6-17(18)20-19(21(26)14-8-10-15(24)11-9-14)22(27)23(28)25(20)13-16-5-4-12-30-16/h2-12,20,26H,13H2,1H3/b21-19-. The number of aliphatic hydroxyl groups excluding tert-OH is 1. The van der Waals surface area contributed by atoms with E-state index in [2.05, 4.69) is 0 Å².